The maximum atomic E-state index is 11.8. The van der Waals surface area contributed by atoms with Gasteiger partial charge in [0, 0.05) is 6.54 Å². The maximum absolute atomic E-state index is 11.8. The van der Waals surface area contributed by atoms with E-state index in [4.69, 9.17) is 0 Å². The van der Waals surface area contributed by atoms with E-state index >= 15 is 0 Å². The summed E-state index contributed by atoms with van der Waals surface area (Å²) < 4.78 is 2.23. The molecule has 0 aliphatic rings. The van der Waals surface area contributed by atoms with Crippen molar-refractivity contribution in [2.75, 3.05) is 0 Å². The Balaban J connectivity index is 2.52. The van der Waals surface area contributed by atoms with E-state index in [0.29, 0.717) is 4.47 Å². The van der Waals surface area contributed by atoms with Gasteiger partial charge >= 0.3 is 0 Å². The molecule has 0 radical (unpaired) electrons. The number of nitrogens with zero attached hydrogens (tertiary/aromatic N) is 2. The lowest BCUT2D eigenvalue weighted by Crippen LogP contribution is -2.22. The van der Waals surface area contributed by atoms with Gasteiger partial charge in [0.25, 0.3) is 5.56 Å². The molecule has 0 aliphatic heterocycles. The average Bonchev–Trinajstić information content (AvgIpc) is 2.28. The summed E-state index contributed by atoms with van der Waals surface area (Å²) in [6.07, 6.45) is 7.85. The molecular weight excluding hydrogens is 268 g/mol. The SMILES string of the molecule is C=CCCCCCn1cnc(C)c(Br)c1=O. The minimum Gasteiger partial charge on any atom is -0.298 e. The Morgan fingerprint density at radius 2 is 2.25 bits per heavy atom. The highest BCUT2D eigenvalue weighted by atomic mass is 79.9. The second-order valence-electron chi connectivity index (χ2n) is 3.78. The van der Waals surface area contributed by atoms with Crippen LogP contribution < -0.4 is 5.56 Å². The van der Waals surface area contributed by atoms with Crippen molar-refractivity contribution in [3.05, 3.63) is 39.5 Å². The fraction of sp³-hybridized carbons (Fsp3) is 0.500. The van der Waals surface area contributed by atoms with Crippen LogP contribution >= 0.6 is 15.9 Å². The summed E-state index contributed by atoms with van der Waals surface area (Å²) in [6.45, 7) is 6.24. The fourth-order valence-electron chi connectivity index (χ4n) is 1.45. The molecule has 0 fully saturated rings. The molecule has 0 spiro atoms. The van der Waals surface area contributed by atoms with Crippen LogP contribution in [0, 0.1) is 6.92 Å². The Labute approximate surface area is 104 Å². The Morgan fingerprint density at radius 1 is 1.50 bits per heavy atom. The molecule has 88 valence electrons. The molecule has 0 bridgehead atoms. The van der Waals surface area contributed by atoms with E-state index < -0.39 is 0 Å². The van der Waals surface area contributed by atoms with Crippen LogP contribution in [0.1, 0.15) is 31.4 Å². The Kier molecular flexibility index (Phi) is 5.46. The molecule has 16 heavy (non-hydrogen) atoms. The number of hydrogen-bond acceptors (Lipinski definition) is 2. The monoisotopic (exact) mass is 284 g/mol. The third-order valence-electron chi connectivity index (χ3n) is 2.46. The summed E-state index contributed by atoms with van der Waals surface area (Å²) in [4.78, 5) is 15.9. The zero-order valence-corrected chi connectivity index (χ0v) is 11.2. The maximum Gasteiger partial charge on any atom is 0.267 e. The van der Waals surface area contributed by atoms with Gasteiger partial charge in [-0.1, -0.05) is 12.5 Å². The van der Waals surface area contributed by atoms with Crippen LogP contribution in [-0.4, -0.2) is 9.55 Å². The molecule has 0 saturated heterocycles. The van der Waals surface area contributed by atoms with Gasteiger partial charge in [-0.05, 0) is 42.1 Å². The summed E-state index contributed by atoms with van der Waals surface area (Å²) in [5.74, 6) is 0. The smallest absolute Gasteiger partial charge is 0.267 e. The van der Waals surface area contributed by atoms with Gasteiger partial charge in [0.1, 0.15) is 4.47 Å². The first kappa shape index (κ1) is 13.2. The van der Waals surface area contributed by atoms with Gasteiger partial charge in [0.2, 0.25) is 0 Å². The standard InChI is InChI=1S/C12H17BrN2O/c1-3-4-5-6-7-8-15-9-14-10(2)11(13)12(15)16/h3,9H,1,4-8H2,2H3. The van der Waals surface area contributed by atoms with Crippen molar-refractivity contribution in [3.8, 4) is 0 Å². The van der Waals surface area contributed by atoms with Crippen molar-refractivity contribution in [1.29, 1.82) is 0 Å². The number of allylic oxidation sites excluding steroid dienone is 1. The van der Waals surface area contributed by atoms with E-state index in [2.05, 4.69) is 27.5 Å². The van der Waals surface area contributed by atoms with Crippen molar-refractivity contribution in [3.63, 3.8) is 0 Å². The number of halogens is 1. The van der Waals surface area contributed by atoms with Gasteiger partial charge in [-0.2, -0.15) is 0 Å². The molecule has 0 amide bonds. The van der Waals surface area contributed by atoms with Crippen LogP contribution in [-0.2, 0) is 6.54 Å². The lowest BCUT2D eigenvalue weighted by molar-refractivity contribution is 0.567. The minimum atomic E-state index is 0.0104. The second kappa shape index (κ2) is 6.63. The molecular formula is C12H17BrN2O. The first-order chi connectivity index (χ1) is 7.66. The molecule has 0 unspecified atom stereocenters. The van der Waals surface area contributed by atoms with Crippen molar-refractivity contribution in [2.24, 2.45) is 0 Å². The molecule has 3 nitrogen and oxygen atoms in total. The summed E-state index contributed by atoms with van der Waals surface area (Å²) in [6, 6.07) is 0. The van der Waals surface area contributed by atoms with E-state index in [-0.39, 0.29) is 5.56 Å². The van der Waals surface area contributed by atoms with Crippen LogP contribution in [0.3, 0.4) is 0 Å². The zero-order valence-electron chi connectivity index (χ0n) is 9.58. The number of unbranched alkanes of at least 4 members (excludes halogenated alkanes) is 3. The quantitative estimate of drug-likeness (QED) is 0.594. The van der Waals surface area contributed by atoms with Gasteiger partial charge in [0.05, 0.1) is 12.0 Å². The van der Waals surface area contributed by atoms with Crippen molar-refractivity contribution in [1.82, 2.24) is 9.55 Å². The third kappa shape index (κ3) is 3.59. The van der Waals surface area contributed by atoms with E-state index in [1.165, 1.54) is 0 Å². The van der Waals surface area contributed by atoms with Crippen LogP contribution in [0.2, 0.25) is 0 Å². The van der Waals surface area contributed by atoms with Gasteiger partial charge < -0.3 is 0 Å². The Morgan fingerprint density at radius 3 is 2.94 bits per heavy atom. The van der Waals surface area contributed by atoms with E-state index in [9.17, 15) is 4.79 Å². The summed E-state index contributed by atoms with van der Waals surface area (Å²) in [5.41, 5.74) is 0.754. The molecule has 4 heteroatoms. The minimum absolute atomic E-state index is 0.0104. The Hall–Kier alpha value is -0.900. The molecule has 0 aliphatic carbocycles. The van der Waals surface area contributed by atoms with Crippen molar-refractivity contribution in [2.45, 2.75) is 39.2 Å². The topological polar surface area (TPSA) is 34.9 Å². The van der Waals surface area contributed by atoms with Gasteiger partial charge in [-0.25, -0.2) is 4.98 Å². The highest BCUT2D eigenvalue weighted by molar-refractivity contribution is 9.10. The van der Waals surface area contributed by atoms with Gasteiger partial charge in [0.15, 0.2) is 0 Å². The predicted octanol–water partition coefficient (Wildman–Crippen LogP) is 3.06. The first-order valence-corrected chi connectivity index (χ1v) is 6.28. The number of aryl methyl sites for hydroxylation is 2. The highest BCUT2D eigenvalue weighted by Crippen LogP contribution is 2.07. The largest absolute Gasteiger partial charge is 0.298 e. The van der Waals surface area contributed by atoms with Crippen molar-refractivity contribution >= 4 is 15.9 Å². The van der Waals surface area contributed by atoms with Crippen LogP contribution in [0.4, 0.5) is 0 Å². The normalized spacial score (nSPS) is 10.4. The predicted molar refractivity (Wildman–Crippen MR) is 69.6 cm³/mol. The molecule has 0 saturated carbocycles. The summed E-state index contributed by atoms with van der Waals surface area (Å²) >= 11 is 3.25. The molecule has 0 atom stereocenters. The third-order valence-corrected chi connectivity index (χ3v) is 3.38. The molecule has 0 N–H and O–H groups in total. The fourth-order valence-corrected chi connectivity index (χ4v) is 1.78. The van der Waals surface area contributed by atoms with E-state index in [0.717, 1.165) is 37.9 Å². The highest BCUT2D eigenvalue weighted by Gasteiger charge is 2.04. The number of hydrogen-bond donors (Lipinski definition) is 0. The lowest BCUT2D eigenvalue weighted by atomic mass is 10.2. The molecule has 1 aromatic rings. The molecule has 0 aromatic carbocycles. The van der Waals surface area contributed by atoms with Crippen molar-refractivity contribution < 1.29 is 0 Å². The first-order valence-electron chi connectivity index (χ1n) is 5.49. The molecule has 1 aromatic heterocycles. The van der Waals surface area contributed by atoms with Crippen LogP contribution in [0.5, 0.6) is 0 Å². The summed E-state index contributed by atoms with van der Waals surface area (Å²) in [7, 11) is 0. The molecule has 1 rings (SSSR count). The Bertz CT molecular complexity index is 412. The number of aromatic nitrogens is 2. The van der Waals surface area contributed by atoms with E-state index in [1.807, 2.05) is 13.0 Å². The summed E-state index contributed by atoms with van der Waals surface area (Å²) in [5, 5.41) is 0. The second-order valence-corrected chi connectivity index (χ2v) is 4.57. The van der Waals surface area contributed by atoms with Crippen LogP contribution in [0.25, 0.3) is 0 Å². The zero-order chi connectivity index (χ0) is 12.0. The lowest BCUT2D eigenvalue weighted by Gasteiger charge is -2.06. The average molecular weight is 285 g/mol. The van der Waals surface area contributed by atoms with E-state index in [1.54, 1.807) is 10.9 Å². The van der Waals surface area contributed by atoms with Gasteiger partial charge in [-0.15, -0.1) is 6.58 Å². The van der Waals surface area contributed by atoms with Gasteiger partial charge in [-0.3, -0.25) is 9.36 Å². The van der Waals surface area contributed by atoms with Crippen LogP contribution in [0.15, 0.2) is 28.2 Å². The molecule has 1 heterocycles. The number of rotatable bonds is 6.